The van der Waals surface area contributed by atoms with E-state index in [-0.39, 0.29) is 17.1 Å². The summed E-state index contributed by atoms with van der Waals surface area (Å²) < 4.78 is 14.1. The van der Waals surface area contributed by atoms with E-state index in [1.165, 1.54) is 6.07 Å². The first-order valence-electron chi connectivity index (χ1n) is 6.22. The average molecular weight is 349 g/mol. The lowest BCUT2D eigenvalue weighted by Gasteiger charge is -2.24. The Morgan fingerprint density at radius 1 is 1.05 bits per heavy atom. The van der Waals surface area contributed by atoms with Crippen LogP contribution in [0.2, 0.25) is 15.1 Å². The highest BCUT2D eigenvalue weighted by atomic mass is 35.5. The monoisotopic (exact) mass is 347 g/mol. The highest BCUT2D eigenvalue weighted by Gasteiger charge is 2.26. The fourth-order valence-electron chi connectivity index (χ4n) is 2.19. The summed E-state index contributed by atoms with van der Waals surface area (Å²) in [6, 6.07) is 9.31. The van der Waals surface area contributed by atoms with Gasteiger partial charge < -0.3 is 10.8 Å². The van der Waals surface area contributed by atoms with Crippen molar-refractivity contribution in [2.24, 2.45) is 5.73 Å². The minimum Gasteiger partial charge on any atom is -0.388 e. The fraction of sp³-hybridized carbons (Fsp3) is 0.200. The summed E-state index contributed by atoms with van der Waals surface area (Å²) in [5.41, 5.74) is 6.35. The van der Waals surface area contributed by atoms with Crippen LogP contribution in [-0.4, -0.2) is 11.7 Å². The van der Waals surface area contributed by atoms with Crippen LogP contribution in [0.5, 0.6) is 0 Å². The number of hydrogen-bond donors (Lipinski definition) is 2. The first kappa shape index (κ1) is 16.5. The van der Waals surface area contributed by atoms with E-state index in [1.807, 2.05) is 0 Å². The number of aliphatic hydroxyl groups is 1. The predicted molar refractivity (Wildman–Crippen MR) is 84.6 cm³/mol. The van der Waals surface area contributed by atoms with Gasteiger partial charge in [-0.25, -0.2) is 4.39 Å². The second kappa shape index (κ2) is 6.95. The molecule has 0 saturated heterocycles. The highest BCUT2D eigenvalue weighted by Crippen LogP contribution is 2.37. The summed E-state index contributed by atoms with van der Waals surface area (Å²) in [5.74, 6) is -1.27. The second-order valence-corrected chi connectivity index (χ2v) is 5.85. The van der Waals surface area contributed by atoms with Gasteiger partial charge in [0.05, 0.1) is 11.1 Å². The van der Waals surface area contributed by atoms with E-state index in [9.17, 15) is 9.50 Å². The van der Waals surface area contributed by atoms with Crippen molar-refractivity contribution < 1.29 is 9.50 Å². The zero-order valence-corrected chi connectivity index (χ0v) is 13.1. The van der Waals surface area contributed by atoms with Gasteiger partial charge in [0.25, 0.3) is 0 Å². The van der Waals surface area contributed by atoms with Crippen LogP contribution in [-0.2, 0) is 0 Å². The Balaban J connectivity index is 2.45. The molecule has 2 nitrogen and oxygen atoms in total. The van der Waals surface area contributed by atoms with Gasteiger partial charge in [0, 0.05) is 28.1 Å². The van der Waals surface area contributed by atoms with Gasteiger partial charge >= 0.3 is 0 Å². The van der Waals surface area contributed by atoms with E-state index >= 15 is 0 Å². The smallest absolute Gasteiger partial charge is 0.145 e. The Morgan fingerprint density at radius 3 is 2.43 bits per heavy atom. The third-order valence-corrected chi connectivity index (χ3v) is 4.16. The molecule has 3 N–H and O–H groups in total. The molecule has 0 aliphatic heterocycles. The fourth-order valence-corrected chi connectivity index (χ4v) is 2.78. The van der Waals surface area contributed by atoms with Crippen LogP contribution < -0.4 is 5.73 Å². The summed E-state index contributed by atoms with van der Waals surface area (Å²) in [5, 5.41) is 11.3. The molecule has 2 atom stereocenters. The molecule has 21 heavy (non-hydrogen) atoms. The van der Waals surface area contributed by atoms with Gasteiger partial charge in [-0.05, 0) is 29.8 Å². The van der Waals surface area contributed by atoms with Crippen LogP contribution >= 0.6 is 34.8 Å². The van der Waals surface area contributed by atoms with E-state index in [2.05, 4.69) is 0 Å². The lowest BCUT2D eigenvalue weighted by Crippen LogP contribution is -2.21. The number of rotatable bonds is 4. The molecule has 2 unspecified atom stereocenters. The van der Waals surface area contributed by atoms with Crippen molar-refractivity contribution in [3.8, 4) is 0 Å². The maximum absolute atomic E-state index is 14.1. The molecule has 0 saturated carbocycles. The van der Waals surface area contributed by atoms with E-state index in [0.29, 0.717) is 15.6 Å². The largest absolute Gasteiger partial charge is 0.388 e. The van der Waals surface area contributed by atoms with Crippen molar-refractivity contribution in [1.29, 1.82) is 0 Å². The van der Waals surface area contributed by atoms with E-state index in [0.717, 1.165) is 0 Å². The van der Waals surface area contributed by atoms with Gasteiger partial charge in [-0.3, -0.25) is 0 Å². The number of hydrogen-bond acceptors (Lipinski definition) is 2. The molecule has 0 fully saturated rings. The van der Waals surface area contributed by atoms with Crippen LogP contribution in [0.25, 0.3) is 0 Å². The molecule has 0 aliphatic carbocycles. The molecule has 0 heterocycles. The first-order valence-corrected chi connectivity index (χ1v) is 7.36. The summed E-state index contributed by atoms with van der Waals surface area (Å²) >= 11 is 17.8. The van der Waals surface area contributed by atoms with Crippen LogP contribution in [0.3, 0.4) is 0 Å². The Labute approximate surface area is 137 Å². The molecule has 0 spiro atoms. The zero-order chi connectivity index (χ0) is 15.6. The van der Waals surface area contributed by atoms with Gasteiger partial charge in [-0.2, -0.15) is 0 Å². The quantitative estimate of drug-likeness (QED) is 0.850. The van der Waals surface area contributed by atoms with Crippen molar-refractivity contribution in [2.75, 3.05) is 6.54 Å². The molecule has 0 amide bonds. The molecule has 2 aromatic carbocycles. The summed E-state index contributed by atoms with van der Waals surface area (Å²) in [6.07, 6.45) is -1.09. The summed E-state index contributed by atoms with van der Waals surface area (Å²) in [4.78, 5) is 0. The Hall–Kier alpha value is -0.840. The first-order chi connectivity index (χ1) is 9.95. The van der Waals surface area contributed by atoms with E-state index < -0.39 is 17.8 Å². The lowest BCUT2D eigenvalue weighted by atomic mass is 9.89. The molecule has 112 valence electrons. The normalized spacial score (nSPS) is 14.0. The molecular formula is C15H13Cl3FNO. The number of aliphatic hydroxyl groups excluding tert-OH is 1. The van der Waals surface area contributed by atoms with Crippen molar-refractivity contribution in [3.05, 3.63) is 68.4 Å². The molecule has 0 aliphatic rings. The number of halogens is 4. The summed E-state index contributed by atoms with van der Waals surface area (Å²) in [7, 11) is 0. The van der Waals surface area contributed by atoms with Crippen LogP contribution in [0, 0.1) is 5.82 Å². The molecule has 6 heteroatoms. The Bertz CT molecular complexity index is 651. The van der Waals surface area contributed by atoms with Crippen molar-refractivity contribution >= 4 is 34.8 Å². The molecule has 2 aromatic rings. The van der Waals surface area contributed by atoms with E-state index in [4.69, 9.17) is 40.5 Å². The second-order valence-electron chi connectivity index (χ2n) is 4.60. The van der Waals surface area contributed by atoms with E-state index in [1.54, 1.807) is 30.3 Å². The maximum Gasteiger partial charge on any atom is 0.145 e. The van der Waals surface area contributed by atoms with Crippen molar-refractivity contribution in [3.63, 3.8) is 0 Å². The Kier molecular flexibility index (Phi) is 5.47. The Morgan fingerprint density at radius 2 is 1.76 bits per heavy atom. The highest BCUT2D eigenvalue weighted by molar-refractivity contribution is 6.33. The summed E-state index contributed by atoms with van der Waals surface area (Å²) in [6.45, 7) is 0.0290. The van der Waals surface area contributed by atoms with Crippen molar-refractivity contribution in [1.82, 2.24) is 0 Å². The molecule has 2 rings (SSSR count). The van der Waals surface area contributed by atoms with Crippen molar-refractivity contribution in [2.45, 2.75) is 12.0 Å². The topological polar surface area (TPSA) is 46.2 Å². The SMILES string of the molecule is NCC(c1cccc(Cl)c1F)C(O)c1cc(Cl)ccc1Cl. The molecule has 0 aromatic heterocycles. The zero-order valence-electron chi connectivity index (χ0n) is 10.9. The number of benzene rings is 2. The number of nitrogens with two attached hydrogens (primary N) is 1. The van der Waals surface area contributed by atoms with Gasteiger partial charge in [0.2, 0.25) is 0 Å². The van der Waals surface area contributed by atoms with Crippen LogP contribution in [0.4, 0.5) is 4.39 Å². The third kappa shape index (κ3) is 3.50. The van der Waals surface area contributed by atoms with Crippen LogP contribution in [0.1, 0.15) is 23.1 Å². The van der Waals surface area contributed by atoms with Gasteiger partial charge in [0.15, 0.2) is 0 Å². The molecular weight excluding hydrogens is 336 g/mol. The molecule has 0 bridgehead atoms. The van der Waals surface area contributed by atoms with Gasteiger partial charge in [-0.15, -0.1) is 0 Å². The molecule has 0 radical (unpaired) electrons. The van der Waals surface area contributed by atoms with Crippen LogP contribution in [0.15, 0.2) is 36.4 Å². The average Bonchev–Trinajstić information content (AvgIpc) is 2.46. The van der Waals surface area contributed by atoms with Gasteiger partial charge in [-0.1, -0.05) is 46.9 Å². The standard InChI is InChI=1S/C15H13Cl3FNO/c16-8-4-5-12(17)10(6-8)15(21)11(7-20)9-2-1-3-13(18)14(9)19/h1-6,11,15,21H,7,20H2. The lowest BCUT2D eigenvalue weighted by molar-refractivity contribution is 0.146. The van der Waals surface area contributed by atoms with Gasteiger partial charge in [0.1, 0.15) is 5.82 Å². The maximum atomic E-state index is 14.1. The predicted octanol–water partition coefficient (Wildman–Crippen LogP) is 4.56. The minimum atomic E-state index is -1.09. The minimum absolute atomic E-state index is 0.0182. The third-order valence-electron chi connectivity index (χ3n) is 3.29.